The topological polar surface area (TPSA) is 92.0 Å². The van der Waals surface area contributed by atoms with Crippen molar-refractivity contribution in [1.29, 1.82) is 0 Å². The van der Waals surface area contributed by atoms with E-state index in [9.17, 15) is 9.90 Å². The van der Waals surface area contributed by atoms with Crippen LogP contribution in [-0.4, -0.2) is 20.2 Å². The fraction of sp³-hybridized carbons (Fsp3) is 0.214. The molecule has 0 amide bonds. The molecule has 4 rings (SSSR count). The lowest BCUT2D eigenvalue weighted by atomic mass is 10.1. The van der Waals surface area contributed by atoms with Gasteiger partial charge in [0.15, 0.2) is 5.82 Å². The van der Waals surface area contributed by atoms with Gasteiger partial charge in [0.05, 0.1) is 5.52 Å². The molecular formula is C14H11N3O3. The van der Waals surface area contributed by atoms with Crippen molar-refractivity contribution in [1.82, 2.24) is 15.1 Å². The van der Waals surface area contributed by atoms with E-state index in [2.05, 4.69) is 15.1 Å². The Bertz CT molecular complexity index is 861. The van der Waals surface area contributed by atoms with Gasteiger partial charge in [0.25, 0.3) is 11.4 Å². The van der Waals surface area contributed by atoms with Gasteiger partial charge in [0.2, 0.25) is 0 Å². The van der Waals surface area contributed by atoms with Crippen LogP contribution in [0, 0.1) is 0 Å². The first-order valence-corrected chi connectivity index (χ1v) is 6.42. The van der Waals surface area contributed by atoms with Crippen LogP contribution in [0.3, 0.4) is 0 Å². The highest BCUT2D eigenvalue weighted by atomic mass is 16.5. The molecule has 100 valence electrons. The predicted octanol–water partition coefficient (Wildman–Crippen LogP) is 2.16. The van der Waals surface area contributed by atoms with E-state index in [1.807, 2.05) is 0 Å². The Balaban J connectivity index is 1.95. The van der Waals surface area contributed by atoms with E-state index in [0.717, 1.165) is 12.8 Å². The summed E-state index contributed by atoms with van der Waals surface area (Å²) in [7, 11) is 0. The zero-order chi connectivity index (χ0) is 13.7. The standard InChI is InChI=1S/C14H11N3O3/c18-11-8-3-1-2-4-9(8)15-13(19)10(11)14-16-12(17-20-14)7-5-6-7/h1-4,7H,5-6H2,(H2,15,18,19). The SMILES string of the molecule is O=c1[nH]c2ccccc2c(O)c1-c1nc(C2CC2)no1. The summed E-state index contributed by atoms with van der Waals surface area (Å²) in [4.78, 5) is 19.0. The minimum absolute atomic E-state index is 0.0306. The molecule has 2 N–H and O–H groups in total. The number of nitrogens with one attached hydrogen (secondary N) is 1. The lowest BCUT2D eigenvalue weighted by Gasteiger charge is -2.03. The molecule has 0 saturated heterocycles. The number of hydrogen-bond donors (Lipinski definition) is 2. The summed E-state index contributed by atoms with van der Waals surface area (Å²) in [6.45, 7) is 0. The summed E-state index contributed by atoms with van der Waals surface area (Å²) in [6, 6.07) is 7.02. The van der Waals surface area contributed by atoms with E-state index in [0.29, 0.717) is 22.6 Å². The molecule has 2 heterocycles. The molecule has 3 aromatic rings. The lowest BCUT2D eigenvalue weighted by Crippen LogP contribution is -2.09. The fourth-order valence-corrected chi connectivity index (χ4v) is 2.27. The maximum atomic E-state index is 12.1. The highest BCUT2D eigenvalue weighted by Gasteiger charge is 2.30. The lowest BCUT2D eigenvalue weighted by molar-refractivity contribution is 0.417. The average Bonchev–Trinajstić information content (AvgIpc) is 3.19. The maximum absolute atomic E-state index is 12.1. The van der Waals surface area contributed by atoms with Gasteiger partial charge in [-0.15, -0.1) is 0 Å². The quantitative estimate of drug-likeness (QED) is 0.743. The van der Waals surface area contributed by atoms with Crippen molar-refractivity contribution < 1.29 is 9.63 Å². The first kappa shape index (κ1) is 11.2. The van der Waals surface area contributed by atoms with Gasteiger partial charge in [-0.2, -0.15) is 4.98 Å². The zero-order valence-corrected chi connectivity index (χ0v) is 10.5. The number of hydrogen-bond acceptors (Lipinski definition) is 5. The molecule has 6 nitrogen and oxygen atoms in total. The Morgan fingerprint density at radius 3 is 2.90 bits per heavy atom. The summed E-state index contributed by atoms with van der Waals surface area (Å²) >= 11 is 0. The maximum Gasteiger partial charge on any atom is 0.267 e. The molecule has 0 unspecified atom stereocenters. The number of aromatic amines is 1. The van der Waals surface area contributed by atoms with E-state index in [4.69, 9.17) is 4.52 Å². The van der Waals surface area contributed by atoms with Crippen molar-refractivity contribution in [2.45, 2.75) is 18.8 Å². The van der Waals surface area contributed by atoms with Crippen LogP contribution in [0.4, 0.5) is 0 Å². The molecule has 1 saturated carbocycles. The number of para-hydroxylation sites is 1. The molecule has 1 aromatic carbocycles. The van der Waals surface area contributed by atoms with Gasteiger partial charge < -0.3 is 14.6 Å². The number of H-pyrrole nitrogens is 1. The molecule has 0 spiro atoms. The molecule has 6 heteroatoms. The van der Waals surface area contributed by atoms with E-state index in [1.165, 1.54) is 0 Å². The summed E-state index contributed by atoms with van der Waals surface area (Å²) in [6.07, 6.45) is 2.08. The highest BCUT2D eigenvalue weighted by Crippen LogP contribution is 2.39. The zero-order valence-electron chi connectivity index (χ0n) is 10.5. The smallest absolute Gasteiger partial charge is 0.267 e. The van der Waals surface area contributed by atoms with Crippen LogP contribution in [0.15, 0.2) is 33.6 Å². The Morgan fingerprint density at radius 2 is 2.10 bits per heavy atom. The predicted molar refractivity (Wildman–Crippen MR) is 71.5 cm³/mol. The van der Waals surface area contributed by atoms with Crippen LogP contribution in [0.1, 0.15) is 24.6 Å². The molecule has 2 aromatic heterocycles. The van der Waals surface area contributed by atoms with Crippen molar-refractivity contribution in [3.05, 3.63) is 40.4 Å². The Morgan fingerprint density at radius 1 is 1.30 bits per heavy atom. The summed E-state index contributed by atoms with van der Waals surface area (Å²) in [5.41, 5.74) is 0.163. The van der Waals surface area contributed by atoms with Gasteiger partial charge in [-0.05, 0) is 25.0 Å². The second-order valence-electron chi connectivity index (χ2n) is 4.96. The number of nitrogens with zero attached hydrogens (tertiary/aromatic N) is 2. The fourth-order valence-electron chi connectivity index (χ4n) is 2.27. The van der Waals surface area contributed by atoms with Crippen LogP contribution in [0.25, 0.3) is 22.4 Å². The molecule has 20 heavy (non-hydrogen) atoms. The van der Waals surface area contributed by atoms with E-state index >= 15 is 0 Å². The molecule has 0 atom stereocenters. The third-order valence-electron chi connectivity index (χ3n) is 3.49. The van der Waals surface area contributed by atoms with Crippen LogP contribution >= 0.6 is 0 Å². The van der Waals surface area contributed by atoms with Gasteiger partial charge in [-0.1, -0.05) is 17.3 Å². The number of rotatable bonds is 2. The normalized spacial score (nSPS) is 14.8. The third-order valence-corrected chi connectivity index (χ3v) is 3.49. The van der Waals surface area contributed by atoms with Crippen molar-refractivity contribution in [2.24, 2.45) is 0 Å². The molecule has 1 aliphatic rings. The molecule has 1 aliphatic carbocycles. The van der Waals surface area contributed by atoms with E-state index < -0.39 is 5.56 Å². The first-order valence-electron chi connectivity index (χ1n) is 6.42. The average molecular weight is 269 g/mol. The van der Waals surface area contributed by atoms with Crippen LogP contribution < -0.4 is 5.56 Å². The van der Waals surface area contributed by atoms with Crippen molar-refractivity contribution in [3.63, 3.8) is 0 Å². The summed E-state index contributed by atoms with van der Waals surface area (Å²) < 4.78 is 5.12. The van der Waals surface area contributed by atoms with Gasteiger partial charge in [0.1, 0.15) is 11.3 Å². The number of aromatic nitrogens is 3. The van der Waals surface area contributed by atoms with Crippen molar-refractivity contribution in [3.8, 4) is 17.2 Å². The van der Waals surface area contributed by atoms with Gasteiger partial charge in [-0.3, -0.25) is 4.79 Å². The largest absolute Gasteiger partial charge is 0.506 e. The number of aromatic hydroxyl groups is 1. The first-order chi connectivity index (χ1) is 9.74. The monoisotopic (exact) mass is 269 g/mol. The molecular weight excluding hydrogens is 258 g/mol. The van der Waals surface area contributed by atoms with Crippen LogP contribution in [-0.2, 0) is 0 Å². The Kier molecular flexibility index (Phi) is 2.20. The van der Waals surface area contributed by atoms with Crippen LogP contribution in [0.2, 0.25) is 0 Å². The minimum Gasteiger partial charge on any atom is -0.506 e. The molecule has 0 bridgehead atoms. The van der Waals surface area contributed by atoms with E-state index in [1.54, 1.807) is 24.3 Å². The van der Waals surface area contributed by atoms with Crippen LogP contribution in [0.5, 0.6) is 5.75 Å². The Labute approximate surface area is 113 Å². The van der Waals surface area contributed by atoms with E-state index in [-0.39, 0.29) is 17.2 Å². The van der Waals surface area contributed by atoms with Gasteiger partial charge in [-0.25, -0.2) is 0 Å². The third kappa shape index (κ3) is 1.61. The number of fused-ring (bicyclic) bond motifs is 1. The highest BCUT2D eigenvalue weighted by molar-refractivity contribution is 5.90. The summed E-state index contributed by atoms with van der Waals surface area (Å²) in [5, 5.41) is 14.7. The molecule has 0 aliphatic heterocycles. The second-order valence-corrected chi connectivity index (χ2v) is 4.96. The van der Waals surface area contributed by atoms with Crippen molar-refractivity contribution >= 4 is 10.9 Å². The Hall–Kier alpha value is -2.63. The summed E-state index contributed by atoms with van der Waals surface area (Å²) in [5.74, 6) is 0.868. The van der Waals surface area contributed by atoms with Gasteiger partial charge in [0, 0.05) is 11.3 Å². The second kappa shape index (κ2) is 3.93. The number of benzene rings is 1. The van der Waals surface area contributed by atoms with Gasteiger partial charge >= 0.3 is 0 Å². The molecule has 1 fully saturated rings. The van der Waals surface area contributed by atoms with Crippen molar-refractivity contribution in [2.75, 3.05) is 0 Å². The molecule has 0 radical (unpaired) electrons. The minimum atomic E-state index is -0.438. The number of pyridine rings is 1.